The van der Waals surface area contributed by atoms with Crippen molar-refractivity contribution in [2.75, 3.05) is 14.2 Å². The standard InChI is InChI=1S/C14H19N3OS/c1-17(9-12-10-19-14(7-15)16-12)8-11-4-3-5-13(6-11)18-2/h3-6,10H,7-9,15H2,1-2H3. The molecule has 0 saturated carbocycles. The number of rotatable bonds is 6. The maximum absolute atomic E-state index is 5.57. The lowest BCUT2D eigenvalue weighted by molar-refractivity contribution is 0.314. The van der Waals surface area contributed by atoms with E-state index >= 15 is 0 Å². The van der Waals surface area contributed by atoms with Crippen molar-refractivity contribution in [3.05, 3.63) is 45.9 Å². The zero-order valence-corrected chi connectivity index (χ0v) is 12.1. The van der Waals surface area contributed by atoms with E-state index in [9.17, 15) is 0 Å². The Morgan fingerprint density at radius 3 is 2.89 bits per heavy atom. The lowest BCUT2D eigenvalue weighted by atomic mass is 10.2. The quantitative estimate of drug-likeness (QED) is 0.880. The van der Waals surface area contributed by atoms with Crippen molar-refractivity contribution in [1.82, 2.24) is 9.88 Å². The van der Waals surface area contributed by atoms with Crippen LogP contribution in [0, 0.1) is 0 Å². The van der Waals surface area contributed by atoms with Crippen LogP contribution in [0.2, 0.25) is 0 Å². The molecule has 1 heterocycles. The van der Waals surface area contributed by atoms with Crippen LogP contribution >= 0.6 is 11.3 Å². The molecule has 0 amide bonds. The van der Waals surface area contributed by atoms with Gasteiger partial charge in [0.05, 0.1) is 12.8 Å². The molecule has 19 heavy (non-hydrogen) atoms. The topological polar surface area (TPSA) is 51.4 Å². The van der Waals surface area contributed by atoms with E-state index in [0.29, 0.717) is 6.54 Å². The van der Waals surface area contributed by atoms with Crippen LogP contribution in [-0.4, -0.2) is 24.0 Å². The summed E-state index contributed by atoms with van der Waals surface area (Å²) < 4.78 is 5.23. The molecule has 2 rings (SSSR count). The third-order valence-corrected chi connectivity index (χ3v) is 3.71. The van der Waals surface area contributed by atoms with Gasteiger partial charge < -0.3 is 10.5 Å². The van der Waals surface area contributed by atoms with Crippen LogP contribution in [0.25, 0.3) is 0 Å². The van der Waals surface area contributed by atoms with E-state index in [1.54, 1.807) is 18.4 Å². The van der Waals surface area contributed by atoms with Gasteiger partial charge in [0, 0.05) is 25.0 Å². The van der Waals surface area contributed by atoms with E-state index in [1.165, 1.54) is 5.56 Å². The number of ether oxygens (including phenoxy) is 1. The lowest BCUT2D eigenvalue weighted by Gasteiger charge is -2.15. The Bertz CT molecular complexity index is 527. The summed E-state index contributed by atoms with van der Waals surface area (Å²) in [5, 5.41) is 3.06. The molecular weight excluding hydrogens is 258 g/mol. The second-order valence-electron chi connectivity index (χ2n) is 4.46. The van der Waals surface area contributed by atoms with Gasteiger partial charge in [-0.25, -0.2) is 4.98 Å². The van der Waals surface area contributed by atoms with Crippen molar-refractivity contribution < 1.29 is 4.74 Å². The van der Waals surface area contributed by atoms with Crippen molar-refractivity contribution in [2.24, 2.45) is 5.73 Å². The van der Waals surface area contributed by atoms with Gasteiger partial charge in [-0.05, 0) is 24.7 Å². The normalized spacial score (nSPS) is 10.9. The smallest absolute Gasteiger partial charge is 0.119 e. The van der Waals surface area contributed by atoms with Gasteiger partial charge in [-0.1, -0.05) is 12.1 Å². The zero-order chi connectivity index (χ0) is 13.7. The van der Waals surface area contributed by atoms with Crippen LogP contribution in [0.5, 0.6) is 5.75 Å². The maximum atomic E-state index is 5.57. The van der Waals surface area contributed by atoms with Crippen molar-refractivity contribution >= 4 is 11.3 Å². The second-order valence-corrected chi connectivity index (χ2v) is 5.40. The molecule has 0 unspecified atom stereocenters. The summed E-state index contributed by atoms with van der Waals surface area (Å²) in [5.41, 5.74) is 7.88. The molecule has 4 nitrogen and oxygen atoms in total. The molecule has 5 heteroatoms. The molecule has 0 aliphatic carbocycles. The second kappa shape index (κ2) is 6.65. The average Bonchev–Trinajstić information content (AvgIpc) is 2.86. The lowest BCUT2D eigenvalue weighted by Crippen LogP contribution is -2.17. The number of hydrogen-bond acceptors (Lipinski definition) is 5. The Balaban J connectivity index is 1.94. The van der Waals surface area contributed by atoms with Gasteiger partial charge in [0.15, 0.2) is 0 Å². The highest BCUT2D eigenvalue weighted by Crippen LogP contribution is 2.15. The first-order valence-electron chi connectivity index (χ1n) is 6.16. The van der Waals surface area contributed by atoms with E-state index < -0.39 is 0 Å². The molecule has 2 N–H and O–H groups in total. The first kappa shape index (κ1) is 14.0. The Morgan fingerprint density at radius 2 is 2.21 bits per heavy atom. The molecule has 0 radical (unpaired) electrons. The van der Waals surface area contributed by atoms with Crippen LogP contribution in [0.3, 0.4) is 0 Å². The minimum Gasteiger partial charge on any atom is -0.497 e. The van der Waals surface area contributed by atoms with Gasteiger partial charge in [-0.2, -0.15) is 0 Å². The fourth-order valence-electron chi connectivity index (χ4n) is 1.93. The van der Waals surface area contributed by atoms with Gasteiger partial charge in [0.2, 0.25) is 0 Å². The number of nitrogens with zero attached hydrogens (tertiary/aromatic N) is 2. The van der Waals surface area contributed by atoms with Gasteiger partial charge in [-0.3, -0.25) is 4.90 Å². The highest BCUT2D eigenvalue weighted by atomic mass is 32.1. The number of benzene rings is 1. The molecule has 1 aromatic carbocycles. The fraction of sp³-hybridized carbons (Fsp3) is 0.357. The first-order valence-corrected chi connectivity index (χ1v) is 7.04. The van der Waals surface area contributed by atoms with Crippen LogP contribution in [0.1, 0.15) is 16.3 Å². The summed E-state index contributed by atoms with van der Waals surface area (Å²) in [6.07, 6.45) is 0. The molecule has 102 valence electrons. The van der Waals surface area contributed by atoms with Crippen molar-refractivity contribution in [2.45, 2.75) is 19.6 Å². The summed E-state index contributed by atoms with van der Waals surface area (Å²) in [7, 11) is 3.77. The molecule has 0 spiro atoms. The van der Waals surface area contributed by atoms with E-state index in [1.807, 2.05) is 12.1 Å². The molecule has 0 bridgehead atoms. The molecular formula is C14H19N3OS. The largest absolute Gasteiger partial charge is 0.497 e. The van der Waals surface area contributed by atoms with E-state index in [0.717, 1.165) is 29.5 Å². The van der Waals surface area contributed by atoms with E-state index in [-0.39, 0.29) is 0 Å². The van der Waals surface area contributed by atoms with Crippen molar-refractivity contribution in [3.8, 4) is 5.75 Å². The van der Waals surface area contributed by atoms with Crippen LogP contribution in [0.15, 0.2) is 29.6 Å². The minimum atomic E-state index is 0.518. The van der Waals surface area contributed by atoms with Gasteiger partial charge in [-0.15, -0.1) is 11.3 Å². The van der Waals surface area contributed by atoms with Crippen LogP contribution in [0.4, 0.5) is 0 Å². The number of aromatic nitrogens is 1. The average molecular weight is 277 g/mol. The third-order valence-electron chi connectivity index (χ3n) is 2.79. The Hall–Kier alpha value is -1.43. The summed E-state index contributed by atoms with van der Waals surface area (Å²) in [6, 6.07) is 8.13. The van der Waals surface area contributed by atoms with Crippen molar-refractivity contribution in [1.29, 1.82) is 0 Å². The number of methoxy groups -OCH3 is 1. The van der Waals surface area contributed by atoms with Gasteiger partial charge in [0.25, 0.3) is 0 Å². The number of hydrogen-bond donors (Lipinski definition) is 1. The summed E-state index contributed by atoms with van der Waals surface area (Å²) in [6.45, 7) is 2.21. The SMILES string of the molecule is COc1cccc(CN(C)Cc2csc(CN)n2)c1. The van der Waals surface area contributed by atoms with Crippen LogP contribution in [-0.2, 0) is 19.6 Å². The Morgan fingerprint density at radius 1 is 1.37 bits per heavy atom. The first-order chi connectivity index (χ1) is 9.21. The van der Waals surface area contributed by atoms with Crippen LogP contribution < -0.4 is 10.5 Å². The Labute approximate surface area is 117 Å². The molecule has 0 aliphatic heterocycles. The third kappa shape index (κ3) is 4.02. The highest BCUT2D eigenvalue weighted by molar-refractivity contribution is 7.09. The Kier molecular flexibility index (Phi) is 4.90. The highest BCUT2D eigenvalue weighted by Gasteiger charge is 2.06. The summed E-state index contributed by atoms with van der Waals surface area (Å²) in [5.74, 6) is 0.893. The van der Waals surface area contributed by atoms with E-state index in [2.05, 4.69) is 34.4 Å². The van der Waals surface area contributed by atoms with E-state index in [4.69, 9.17) is 10.5 Å². The molecule has 2 aromatic rings. The predicted octanol–water partition coefficient (Wildman–Crippen LogP) is 2.24. The van der Waals surface area contributed by atoms with Gasteiger partial charge in [0.1, 0.15) is 10.8 Å². The number of nitrogens with two attached hydrogens (primary N) is 1. The summed E-state index contributed by atoms with van der Waals surface area (Å²) in [4.78, 5) is 6.70. The molecule has 0 fully saturated rings. The predicted molar refractivity (Wildman–Crippen MR) is 78.2 cm³/mol. The zero-order valence-electron chi connectivity index (χ0n) is 11.3. The fourth-order valence-corrected chi connectivity index (χ4v) is 2.60. The monoisotopic (exact) mass is 277 g/mol. The molecule has 0 saturated heterocycles. The van der Waals surface area contributed by atoms with Gasteiger partial charge >= 0.3 is 0 Å². The number of thiazole rings is 1. The summed E-state index contributed by atoms with van der Waals surface area (Å²) >= 11 is 1.62. The van der Waals surface area contributed by atoms with Crippen molar-refractivity contribution in [3.63, 3.8) is 0 Å². The minimum absolute atomic E-state index is 0.518. The molecule has 0 atom stereocenters. The molecule has 0 aliphatic rings. The molecule has 1 aromatic heterocycles. The maximum Gasteiger partial charge on any atom is 0.119 e.